The normalized spacial score (nSPS) is 15.8. The van der Waals surface area contributed by atoms with Crippen molar-refractivity contribution in [3.05, 3.63) is 0 Å². The Morgan fingerprint density at radius 3 is 2.47 bits per heavy atom. The summed E-state index contributed by atoms with van der Waals surface area (Å²) in [6.07, 6.45) is 2.25. The number of nitrogens with one attached hydrogen (secondary N) is 3. The molecule has 0 aromatic rings. The van der Waals surface area contributed by atoms with Gasteiger partial charge in [0.05, 0.1) is 6.54 Å². The number of aliphatic carboxylic acids is 1. The van der Waals surface area contributed by atoms with Crippen LogP contribution >= 0.6 is 0 Å². The van der Waals surface area contributed by atoms with E-state index in [1.807, 2.05) is 0 Å². The Kier molecular flexibility index (Phi) is 4.74. The van der Waals surface area contributed by atoms with Crippen molar-refractivity contribution in [1.82, 2.24) is 16.0 Å². The molecule has 1 fully saturated rings. The summed E-state index contributed by atoms with van der Waals surface area (Å²) in [5.41, 5.74) is 0. The van der Waals surface area contributed by atoms with E-state index in [0.717, 1.165) is 12.8 Å². The van der Waals surface area contributed by atoms with Crippen molar-refractivity contribution in [2.75, 3.05) is 6.54 Å². The summed E-state index contributed by atoms with van der Waals surface area (Å²) in [6.45, 7) is 1.51. The summed E-state index contributed by atoms with van der Waals surface area (Å²) in [5, 5.41) is 16.0. The van der Waals surface area contributed by atoms with E-state index in [0.29, 0.717) is 0 Å². The number of carbonyl (C=O) groups is 3. The highest BCUT2D eigenvalue weighted by Gasteiger charge is 2.23. The van der Waals surface area contributed by atoms with Gasteiger partial charge in [-0.25, -0.2) is 9.59 Å². The molecule has 0 radical (unpaired) electrons. The van der Waals surface area contributed by atoms with Crippen molar-refractivity contribution < 1.29 is 19.5 Å². The van der Waals surface area contributed by atoms with Gasteiger partial charge in [0.2, 0.25) is 5.91 Å². The summed E-state index contributed by atoms with van der Waals surface area (Å²) >= 11 is 0. The zero-order valence-corrected chi connectivity index (χ0v) is 9.66. The molecule has 96 valence electrons. The molecule has 17 heavy (non-hydrogen) atoms. The molecule has 1 unspecified atom stereocenters. The Balaban J connectivity index is 2.19. The number of carboxylic acids is 1. The first-order valence-electron chi connectivity index (χ1n) is 5.59. The number of rotatable bonds is 6. The summed E-state index contributed by atoms with van der Waals surface area (Å²) in [6, 6.07) is -1.33. The highest BCUT2D eigenvalue weighted by atomic mass is 16.4. The number of amides is 3. The zero-order chi connectivity index (χ0) is 12.8. The van der Waals surface area contributed by atoms with Crippen LogP contribution in [0.5, 0.6) is 0 Å². The molecule has 0 aromatic carbocycles. The van der Waals surface area contributed by atoms with Crippen LogP contribution in [0.25, 0.3) is 0 Å². The lowest BCUT2D eigenvalue weighted by Crippen LogP contribution is -2.48. The van der Waals surface area contributed by atoms with Gasteiger partial charge in [-0.15, -0.1) is 0 Å². The van der Waals surface area contributed by atoms with Gasteiger partial charge in [-0.3, -0.25) is 4.79 Å². The molecule has 0 aliphatic heterocycles. The fraction of sp³-hybridized carbons (Fsp3) is 0.700. The summed E-state index contributed by atoms with van der Waals surface area (Å²) < 4.78 is 0. The van der Waals surface area contributed by atoms with E-state index in [1.54, 1.807) is 6.92 Å². The molecule has 1 saturated carbocycles. The van der Waals surface area contributed by atoms with Crippen molar-refractivity contribution in [1.29, 1.82) is 0 Å². The summed E-state index contributed by atoms with van der Waals surface area (Å²) in [5.74, 6) is -1.35. The van der Waals surface area contributed by atoms with Crippen molar-refractivity contribution in [3.63, 3.8) is 0 Å². The Morgan fingerprint density at radius 2 is 2.00 bits per heavy atom. The lowest BCUT2D eigenvalue weighted by Gasteiger charge is -2.12. The Labute approximate surface area is 98.9 Å². The van der Waals surface area contributed by atoms with Crippen LogP contribution in [0.2, 0.25) is 0 Å². The second-order valence-electron chi connectivity index (χ2n) is 3.97. The van der Waals surface area contributed by atoms with E-state index in [-0.39, 0.29) is 24.9 Å². The van der Waals surface area contributed by atoms with E-state index in [2.05, 4.69) is 16.0 Å². The quantitative estimate of drug-likeness (QED) is 0.501. The molecule has 0 heterocycles. The van der Waals surface area contributed by atoms with Crippen LogP contribution in [0, 0.1) is 0 Å². The molecule has 0 saturated heterocycles. The van der Waals surface area contributed by atoms with E-state index < -0.39 is 18.0 Å². The smallest absolute Gasteiger partial charge is 0.326 e. The third-order valence-corrected chi connectivity index (χ3v) is 2.36. The lowest BCUT2D eigenvalue weighted by molar-refractivity contribution is -0.139. The summed E-state index contributed by atoms with van der Waals surface area (Å²) in [4.78, 5) is 33.1. The van der Waals surface area contributed by atoms with E-state index >= 15 is 0 Å². The first-order chi connectivity index (χ1) is 8.02. The number of carbonyl (C=O) groups excluding carboxylic acids is 2. The molecule has 1 atom stereocenters. The zero-order valence-electron chi connectivity index (χ0n) is 9.66. The van der Waals surface area contributed by atoms with Crippen LogP contribution in [0.3, 0.4) is 0 Å². The first-order valence-corrected chi connectivity index (χ1v) is 5.59. The first kappa shape index (κ1) is 13.3. The fourth-order valence-corrected chi connectivity index (χ4v) is 1.21. The second-order valence-corrected chi connectivity index (χ2v) is 3.97. The van der Waals surface area contributed by atoms with Gasteiger partial charge in [-0.05, 0) is 19.3 Å². The molecule has 1 aliphatic carbocycles. The molecular formula is C10H17N3O4. The third kappa shape index (κ3) is 5.19. The SMILES string of the molecule is CCC(NC(=O)NCC(=O)NC1CC1)C(=O)O. The maximum atomic E-state index is 11.3. The van der Waals surface area contributed by atoms with Crippen LogP contribution in [-0.2, 0) is 9.59 Å². The van der Waals surface area contributed by atoms with Crippen LogP contribution in [0.1, 0.15) is 26.2 Å². The van der Waals surface area contributed by atoms with Crippen molar-refractivity contribution >= 4 is 17.9 Å². The van der Waals surface area contributed by atoms with E-state index in [1.165, 1.54) is 0 Å². The molecule has 7 nitrogen and oxygen atoms in total. The molecule has 7 heteroatoms. The maximum absolute atomic E-state index is 11.3. The minimum atomic E-state index is -1.09. The Hall–Kier alpha value is -1.79. The van der Waals surface area contributed by atoms with Crippen LogP contribution in [-0.4, -0.2) is 41.6 Å². The van der Waals surface area contributed by atoms with E-state index in [9.17, 15) is 14.4 Å². The largest absolute Gasteiger partial charge is 0.480 e. The molecule has 0 bridgehead atoms. The number of urea groups is 1. The minimum absolute atomic E-state index is 0.140. The molecule has 0 spiro atoms. The van der Waals surface area contributed by atoms with Crippen molar-refractivity contribution in [2.45, 2.75) is 38.3 Å². The third-order valence-electron chi connectivity index (χ3n) is 2.36. The number of hydrogen-bond donors (Lipinski definition) is 4. The number of hydrogen-bond acceptors (Lipinski definition) is 3. The van der Waals surface area contributed by atoms with Gasteiger partial charge in [0.15, 0.2) is 0 Å². The molecule has 3 amide bonds. The Morgan fingerprint density at radius 1 is 1.35 bits per heavy atom. The summed E-state index contributed by atoms with van der Waals surface area (Å²) in [7, 11) is 0. The predicted molar refractivity (Wildman–Crippen MR) is 59.4 cm³/mol. The standard InChI is InChI=1S/C10H17N3O4/c1-2-7(9(15)16)13-10(17)11-5-8(14)12-6-3-4-6/h6-7H,2-5H2,1H3,(H,12,14)(H,15,16)(H2,11,13,17). The van der Waals surface area contributed by atoms with Crippen molar-refractivity contribution in [3.8, 4) is 0 Å². The highest BCUT2D eigenvalue weighted by molar-refractivity contribution is 5.86. The van der Waals surface area contributed by atoms with Gasteiger partial charge in [-0.1, -0.05) is 6.92 Å². The topological polar surface area (TPSA) is 108 Å². The van der Waals surface area contributed by atoms with Gasteiger partial charge >= 0.3 is 12.0 Å². The maximum Gasteiger partial charge on any atom is 0.326 e. The van der Waals surface area contributed by atoms with Gasteiger partial charge in [0.1, 0.15) is 6.04 Å². The molecule has 1 rings (SSSR count). The average Bonchev–Trinajstić information content (AvgIpc) is 3.06. The van der Waals surface area contributed by atoms with Gasteiger partial charge < -0.3 is 21.1 Å². The highest BCUT2D eigenvalue weighted by Crippen LogP contribution is 2.18. The van der Waals surface area contributed by atoms with Gasteiger partial charge in [0.25, 0.3) is 0 Å². The van der Waals surface area contributed by atoms with E-state index in [4.69, 9.17) is 5.11 Å². The van der Waals surface area contributed by atoms with Gasteiger partial charge in [0, 0.05) is 6.04 Å². The molecule has 4 N–H and O–H groups in total. The van der Waals surface area contributed by atoms with Crippen LogP contribution in [0.4, 0.5) is 4.79 Å². The molecule has 1 aliphatic rings. The van der Waals surface area contributed by atoms with Crippen molar-refractivity contribution in [2.24, 2.45) is 0 Å². The molecular weight excluding hydrogens is 226 g/mol. The van der Waals surface area contributed by atoms with Crippen LogP contribution < -0.4 is 16.0 Å². The average molecular weight is 243 g/mol. The molecule has 0 aromatic heterocycles. The lowest BCUT2D eigenvalue weighted by atomic mass is 10.2. The fourth-order valence-electron chi connectivity index (χ4n) is 1.21. The predicted octanol–water partition coefficient (Wildman–Crippen LogP) is -0.573. The van der Waals surface area contributed by atoms with Crippen LogP contribution in [0.15, 0.2) is 0 Å². The monoisotopic (exact) mass is 243 g/mol. The minimum Gasteiger partial charge on any atom is -0.480 e. The second kappa shape index (κ2) is 6.07. The van der Waals surface area contributed by atoms with Gasteiger partial charge in [-0.2, -0.15) is 0 Å². The number of carboxylic acid groups (broad SMARTS) is 1. The Bertz CT molecular complexity index is 315.